The standard InChI is InChI=1S/C18H21ClN2O4S2/c1-3-26(22,23)21-10-4-5-14-11-16(8-9-17(14)21)20-27(24,25)18-12-15(19)7-6-13(18)2/h6-9,11-12,20H,3-5,10H2,1-2H3. The molecule has 3 rings (SSSR count). The van der Waals surface area contributed by atoms with Gasteiger partial charge in [0.25, 0.3) is 10.0 Å². The molecule has 1 aliphatic rings. The van der Waals surface area contributed by atoms with E-state index in [2.05, 4.69) is 4.72 Å². The van der Waals surface area contributed by atoms with Crippen LogP contribution in [0.5, 0.6) is 0 Å². The Morgan fingerprint density at radius 1 is 1.11 bits per heavy atom. The molecule has 146 valence electrons. The molecule has 0 atom stereocenters. The minimum Gasteiger partial charge on any atom is -0.280 e. The number of nitrogens with zero attached hydrogens (tertiary/aromatic N) is 1. The molecular formula is C18H21ClN2O4S2. The molecule has 0 radical (unpaired) electrons. The third-order valence-electron chi connectivity index (χ3n) is 4.55. The Labute approximate surface area is 165 Å². The summed E-state index contributed by atoms with van der Waals surface area (Å²) in [5.41, 5.74) is 2.40. The second-order valence-corrected chi connectivity index (χ2v) is 10.7. The van der Waals surface area contributed by atoms with Crippen molar-refractivity contribution in [2.24, 2.45) is 0 Å². The summed E-state index contributed by atoms with van der Waals surface area (Å²) in [5.74, 6) is 0.0227. The molecule has 0 amide bonds. The van der Waals surface area contributed by atoms with E-state index in [1.807, 2.05) is 0 Å². The highest BCUT2D eigenvalue weighted by molar-refractivity contribution is 7.93. The number of rotatable bonds is 5. The number of sulfonamides is 2. The predicted molar refractivity (Wildman–Crippen MR) is 109 cm³/mol. The number of benzene rings is 2. The lowest BCUT2D eigenvalue weighted by Crippen LogP contribution is -2.36. The molecule has 27 heavy (non-hydrogen) atoms. The van der Waals surface area contributed by atoms with Crippen LogP contribution < -0.4 is 9.03 Å². The van der Waals surface area contributed by atoms with Gasteiger partial charge in [-0.05, 0) is 68.1 Å². The highest BCUT2D eigenvalue weighted by atomic mass is 35.5. The number of halogens is 1. The minimum absolute atomic E-state index is 0.0227. The van der Waals surface area contributed by atoms with Crippen molar-refractivity contribution in [3.05, 3.63) is 52.5 Å². The Morgan fingerprint density at radius 3 is 2.56 bits per heavy atom. The van der Waals surface area contributed by atoms with Gasteiger partial charge in [-0.25, -0.2) is 16.8 Å². The highest BCUT2D eigenvalue weighted by Crippen LogP contribution is 2.32. The van der Waals surface area contributed by atoms with Crippen molar-refractivity contribution < 1.29 is 16.8 Å². The monoisotopic (exact) mass is 428 g/mol. The van der Waals surface area contributed by atoms with Gasteiger partial charge in [0.05, 0.1) is 16.3 Å². The van der Waals surface area contributed by atoms with Crippen molar-refractivity contribution in [1.29, 1.82) is 0 Å². The zero-order valence-corrected chi connectivity index (χ0v) is 17.5. The first-order chi connectivity index (χ1) is 12.6. The first kappa shape index (κ1) is 20.0. The van der Waals surface area contributed by atoms with Crippen LogP contribution in [-0.2, 0) is 26.5 Å². The quantitative estimate of drug-likeness (QED) is 0.789. The predicted octanol–water partition coefficient (Wildman–Crippen LogP) is 3.55. The van der Waals surface area contributed by atoms with Gasteiger partial charge in [-0.15, -0.1) is 0 Å². The number of nitrogens with one attached hydrogen (secondary N) is 1. The summed E-state index contributed by atoms with van der Waals surface area (Å²) in [6, 6.07) is 9.64. The largest absolute Gasteiger partial charge is 0.280 e. The van der Waals surface area contributed by atoms with Crippen LogP contribution in [0.25, 0.3) is 0 Å². The van der Waals surface area contributed by atoms with E-state index >= 15 is 0 Å². The zero-order valence-electron chi connectivity index (χ0n) is 15.1. The Balaban J connectivity index is 1.95. The smallest absolute Gasteiger partial charge is 0.262 e. The summed E-state index contributed by atoms with van der Waals surface area (Å²) < 4.78 is 54.0. The van der Waals surface area contributed by atoms with Crippen molar-refractivity contribution >= 4 is 43.0 Å². The van der Waals surface area contributed by atoms with Crippen molar-refractivity contribution in [1.82, 2.24) is 0 Å². The third-order valence-corrected chi connectivity index (χ3v) is 8.09. The van der Waals surface area contributed by atoms with Crippen molar-refractivity contribution in [3.8, 4) is 0 Å². The first-order valence-corrected chi connectivity index (χ1v) is 12.0. The maximum absolute atomic E-state index is 12.7. The summed E-state index contributed by atoms with van der Waals surface area (Å²) in [4.78, 5) is 0.114. The van der Waals surface area contributed by atoms with E-state index in [0.717, 1.165) is 5.56 Å². The lowest BCUT2D eigenvalue weighted by atomic mass is 10.0. The number of aryl methyl sites for hydroxylation is 2. The SMILES string of the molecule is CCS(=O)(=O)N1CCCc2cc(NS(=O)(=O)c3cc(Cl)ccc3C)ccc21. The van der Waals surface area contributed by atoms with Crippen molar-refractivity contribution in [3.63, 3.8) is 0 Å². The fourth-order valence-electron chi connectivity index (χ4n) is 3.14. The number of hydrogen-bond acceptors (Lipinski definition) is 4. The molecule has 0 bridgehead atoms. The van der Waals surface area contributed by atoms with E-state index in [9.17, 15) is 16.8 Å². The second-order valence-electron chi connectivity index (χ2n) is 6.44. The molecule has 0 fully saturated rings. The van der Waals surface area contributed by atoms with Gasteiger partial charge in [-0.1, -0.05) is 17.7 Å². The van der Waals surface area contributed by atoms with Gasteiger partial charge in [0.2, 0.25) is 10.0 Å². The lowest BCUT2D eigenvalue weighted by molar-refractivity contribution is 0.587. The highest BCUT2D eigenvalue weighted by Gasteiger charge is 2.26. The molecule has 0 aromatic heterocycles. The maximum atomic E-state index is 12.7. The molecule has 0 spiro atoms. The molecule has 1 aliphatic heterocycles. The Hall–Kier alpha value is -1.77. The van der Waals surface area contributed by atoms with Crippen LogP contribution in [0.15, 0.2) is 41.3 Å². The Morgan fingerprint density at radius 2 is 1.85 bits per heavy atom. The molecule has 0 saturated carbocycles. The molecule has 2 aromatic carbocycles. The van der Waals surface area contributed by atoms with Gasteiger partial charge in [-0.2, -0.15) is 0 Å². The van der Waals surface area contributed by atoms with E-state index in [0.29, 0.717) is 41.3 Å². The van der Waals surface area contributed by atoms with Gasteiger partial charge < -0.3 is 0 Å². The summed E-state index contributed by atoms with van der Waals surface area (Å²) in [5, 5.41) is 0.340. The van der Waals surface area contributed by atoms with E-state index in [-0.39, 0.29) is 10.6 Å². The number of hydrogen-bond donors (Lipinski definition) is 1. The van der Waals surface area contributed by atoms with Crippen molar-refractivity contribution in [2.75, 3.05) is 21.3 Å². The Kier molecular flexibility index (Phi) is 5.42. The van der Waals surface area contributed by atoms with Gasteiger partial charge in [0, 0.05) is 17.3 Å². The molecule has 9 heteroatoms. The third kappa shape index (κ3) is 4.07. The zero-order chi connectivity index (χ0) is 19.8. The van der Waals surface area contributed by atoms with Crippen LogP contribution in [-0.4, -0.2) is 29.1 Å². The topological polar surface area (TPSA) is 83.6 Å². The first-order valence-electron chi connectivity index (χ1n) is 8.56. The van der Waals surface area contributed by atoms with Crippen LogP contribution in [0, 0.1) is 6.92 Å². The number of fused-ring (bicyclic) bond motifs is 1. The average Bonchev–Trinajstić information content (AvgIpc) is 2.62. The molecular weight excluding hydrogens is 408 g/mol. The molecule has 0 aliphatic carbocycles. The van der Waals surface area contributed by atoms with Crippen LogP contribution in [0.4, 0.5) is 11.4 Å². The number of anilines is 2. The van der Waals surface area contributed by atoms with Crippen LogP contribution in [0.2, 0.25) is 5.02 Å². The van der Waals surface area contributed by atoms with Crippen LogP contribution >= 0.6 is 11.6 Å². The minimum atomic E-state index is -3.81. The van der Waals surface area contributed by atoms with Crippen molar-refractivity contribution in [2.45, 2.75) is 31.6 Å². The van der Waals surface area contributed by atoms with Crippen LogP contribution in [0.3, 0.4) is 0 Å². The molecule has 6 nitrogen and oxygen atoms in total. The van der Waals surface area contributed by atoms with Gasteiger partial charge >= 0.3 is 0 Å². The fourth-order valence-corrected chi connectivity index (χ4v) is 5.90. The van der Waals surface area contributed by atoms with Gasteiger partial charge in [-0.3, -0.25) is 9.03 Å². The van der Waals surface area contributed by atoms with Gasteiger partial charge in [0.15, 0.2) is 0 Å². The summed E-state index contributed by atoms with van der Waals surface area (Å²) >= 11 is 5.94. The molecule has 1 heterocycles. The summed E-state index contributed by atoms with van der Waals surface area (Å²) in [6.45, 7) is 3.75. The fraction of sp³-hybridized carbons (Fsp3) is 0.333. The maximum Gasteiger partial charge on any atom is 0.262 e. The summed E-state index contributed by atoms with van der Waals surface area (Å²) in [6.07, 6.45) is 1.38. The van der Waals surface area contributed by atoms with Crippen LogP contribution in [0.1, 0.15) is 24.5 Å². The Bertz CT molecular complexity index is 1080. The molecule has 1 N–H and O–H groups in total. The molecule has 2 aromatic rings. The lowest BCUT2D eigenvalue weighted by Gasteiger charge is -2.30. The van der Waals surface area contributed by atoms with E-state index < -0.39 is 20.0 Å². The van der Waals surface area contributed by atoms with E-state index in [1.54, 1.807) is 44.2 Å². The normalized spacial score (nSPS) is 14.7. The average molecular weight is 429 g/mol. The van der Waals surface area contributed by atoms with E-state index in [4.69, 9.17) is 11.6 Å². The second kappa shape index (κ2) is 7.33. The van der Waals surface area contributed by atoms with Gasteiger partial charge in [0.1, 0.15) is 0 Å². The molecule has 0 unspecified atom stereocenters. The molecule has 0 saturated heterocycles. The van der Waals surface area contributed by atoms with E-state index in [1.165, 1.54) is 10.4 Å². The summed E-state index contributed by atoms with van der Waals surface area (Å²) in [7, 11) is -7.16.